The second-order valence-electron chi connectivity index (χ2n) is 5.16. The summed E-state index contributed by atoms with van der Waals surface area (Å²) in [5, 5.41) is 9.17. The van der Waals surface area contributed by atoms with Gasteiger partial charge in [-0.25, -0.2) is 4.39 Å². The molecule has 7 heteroatoms. The number of pyridine rings is 1. The molecule has 0 bridgehead atoms. The van der Waals surface area contributed by atoms with Gasteiger partial charge in [-0.3, -0.25) is 14.4 Å². The van der Waals surface area contributed by atoms with Gasteiger partial charge in [0.1, 0.15) is 5.82 Å². The number of fused-ring (bicyclic) bond motifs is 1. The van der Waals surface area contributed by atoms with E-state index in [1.165, 1.54) is 31.0 Å². The largest absolute Gasteiger partial charge is 0.481 e. The second-order valence-corrected chi connectivity index (χ2v) is 5.16. The van der Waals surface area contributed by atoms with Crippen molar-refractivity contribution in [1.82, 2.24) is 9.88 Å². The minimum Gasteiger partial charge on any atom is -0.481 e. The van der Waals surface area contributed by atoms with E-state index in [1.54, 1.807) is 0 Å². The van der Waals surface area contributed by atoms with E-state index in [9.17, 15) is 18.8 Å². The minimum atomic E-state index is -1.03. The van der Waals surface area contributed by atoms with Crippen LogP contribution in [0.5, 0.6) is 0 Å². The quantitative estimate of drug-likeness (QED) is 0.894. The van der Waals surface area contributed by atoms with E-state index in [2.05, 4.69) is 4.98 Å². The lowest BCUT2D eigenvalue weighted by Crippen LogP contribution is -2.34. The molecule has 1 aromatic carbocycles. The molecule has 0 saturated heterocycles. The van der Waals surface area contributed by atoms with Crippen LogP contribution in [0, 0.1) is 11.7 Å². The Balaban J connectivity index is 2.45. The Morgan fingerprint density at radius 3 is 2.68 bits per heavy atom. The van der Waals surface area contributed by atoms with E-state index in [0.717, 1.165) is 12.1 Å². The van der Waals surface area contributed by atoms with Crippen molar-refractivity contribution in [2.24, 2.45) is 5.92 Å². The number of rotatable bonds is 4. The number of carbonyl (C=O) groups excluding carboxylic acids is 1. The number of benzene rings is 1. The summed E-state index contributed by atoms with van der Waals surface area (Å²) in [5.74, 6) is -2.84. The highest BCUT2D eigenvalue weighted by molar-refractivity contribution is 6.05. The molecule has 0 aliphatic rings. The molecule has 2 rings (SSSR count). The van der Waals surface area contributed by atoms with Gasteiger partial charge in [-0.2, -0.15) is 0 Å². The Bertz CT molecular complexity index is 800. The van der Waals surface area contributed by atoms with Crippen LogP contribution in [0.4, 0.5) is 4.39 Å². The molecule has 1 amide bonds. The van der Waals surface area contributed by atoms with E-state index >= 15 is 0 Å². The molecule has 116 valence electrons. The summed E-state index contributed by atoms with van der Waals surface area (Å²) in [5.41, 5.74) is -0.0996. The molecule has 1 heterocycles. The molecule has 0 saturated carbocycles. The Kier molecular flexibility index (Phi) is 4.25. The predicted molar refractivity (Wildman–Crippen MR) is 78.3 cm³/mol. The summed E-state index contributed by atoms with van der Waals surface area (Å²) in [6.07, 6.45) is 0. The van der Waals surface area contributed by atoms with Crippen LogP contribution in [0.2, 0.25) is 0 Å². The van der Waals surface area contributed by atoms with E-state index in [-0.39, 0.29) is 17.5 Å². The van der Waals surface area contributed by atoms with Gasteiger partial charge in [0, 0.05) is 30.6 Å². The van der Waals surface area contributed by atoms with Gasteiger partial charge >= 0.3 is 5.97 Å². The normalized spacial score (nSPS) is 12.1. The van der Waals surface area contributed by atoms with Crippen molar-refractivity contribution < 1.29 is 19.1 Å². The molecule has 0 radical (unpaired) electrons. The number of carboxylic acid groups (broad SMARTS) is 1. The summed E-state index contributed by atoms with van der Waals surface area (Å²) in [7, 11) is 1.44. The number of carbonyl (C=O) groups is 2. The number of nitrogens with zero attached hydrogens (tertiary/aromatic N) is 1. The van der Waals surface area contributed by atoms with E-state index in [1.807, 2.05) is 0 Å². The highest BCUT2D eigenvalue weighted by atomic mass is 19.1. The van der Waals surface area contributed by atoms with Crippen molar-refractivity contribution in [3.63, 3.8) is 0 Å². The minimum absolute atomic E-state index is 0.0161. The number of aromatic amines is 1. The number of hydrogen-bond donors (Lipinski definition) is 2. The molecule has 6 nitrogen and oxygen atoms in total. The number of halogens is 1. The zero-order valence-corrected chi connectivity index (χ0v) is 12.1. The van der Waals surface area contributed by atoms with E-state index in [4.69, 9.17) is 5.11 Å². The third kappa shape index (κ3) is 3.13. The molecular formula is C15H15FN2O4. The number of H-pyrrole nitrogens is 1. The van der Waals surface area contributed by atoms with Gasteiger partial charge in [0.2, 0.25) is 5.56 Å². The monoisotopic (exact) mass is 306 g/mol. The van der Waals surface area contributed by atoms with Crippen LogP contribution in [0.3, 0.4) is 0 Å². The molecule has 1 atom stereocenters. The van der Waals surface area contributed by atoms with Crippen molar-refractivity contribution in [3.8, 4) is 0 Å². The molecule has 2 N–H and O–H groups in total. The number of amides is 1. The van der Waals surface area contributed by atoms with Crippen molar-refractivity contribution in [2.75, 3.05) is 13.6 Å². The fourth-order valence-corrected chi connectivity index (χ4v) is 2.18. The zero-order valence-electron chi connectivity index (χ0n) is 12.1. The summed E-state index contributed by atoms with van der Waals surface area (Å²) < 4.78 is 13.4. The molecule has 0 spiro atoms. The first-order valence-electron chi connectivity index (χ1n) is 6.60. The molecule has 1 aromatic heterocycles. The first kappa shape index (κ1) is 15.7. The van der Waals surface area contributed by atoms with Crippen LogP contribution in [-0.4, -0.2) is 40.5 Å². The molecule has 1 unspecified atom stereocenters. The second kappa shape index (κ2) is 5.97. The summed E-state index contributed by atoms with van der Waals surface area (Å²) in [6.45, 7) is 1.46. The third-order valence-corrected chi connectivity index (χ3v) is 3.35. The highest BCUT2D eigenvalue weighted by Gasteiger charge is 2.20. The van der Waals surface area contributed by atoms with Gasteiger partial charge in [-0.05, 0) is 18.2 Å². The summed E-state index contributed by atoms with van der Waals surface area (Å²) >= 11 is 0. The first-order chi connectivity index (χ1) is 10.3. The standard InChI is InChI=1S/C15H15FN2O4/c1-8(15(21)22)7-18(2)14(20)11-6-13(19)17-12-4-3-9(16)5-10(11)12/h3-6,8H,7H2,1-2H3,(H,17,19)(H,21,22). The van der Waals surface area contributed by atoms with Crippen LogP contribution >= 0.6 is 0 Å². The van der Waals surface area contributed by atoms with Crippen LogP contribution in [0.15, 0.2) is 29.1 Å². The van der Waals surface area contributed by atoms with Crippen LogP contribution in [-0.2, 0) is 4.79 Å². The average molecular weight is 306 g/mol. The van der Waals surface area contributed by atoms with Crippen LogP contribution in [0.1, 0.15) is 17.3 Å². The third-order valence-electron chi connectivity index (χ3n) is 3.35. The Morgan fingerprint density at radius 1 is 1.36 bits per heavy atom. The lowest BCUT2D eigenvalue weighted by Gasteiger charge is -2.20. The van der Waals surface area contributed by atoms with Gasteiger partial charge in [0.25, 0.3) is 5.91 Å². The van der Waals surface area contributed by atoms with Crippen molar-refractivity contribution in [1.29, 1.82) is 0 Å². The fraction of sp³-hybridized carbons (Fsp3) is 0.267. The Labute approximate surface area is 125 Å². The van der Waals surface area contributed by atoms with E-state index in [0.29, 0.717) is 5.52 Å². The zero-order chi connectivity index (χ0) is 16.4. The number of carboxylic acids is 1. The van der Waals surface area contributed by atoms with E-state index < -0.39 is 29.2 Å². The number of nitrogens with one attached hydrogen (secondary N) is 1. The average Bonchev–Trinajstić information content (AvgIpc) is 2.45. The topological polar surface area (TPSA) is 90.5 Å². The maximum Gasteiger partial charge on any atom is 0.308 e. The van der Waals surface area contributed by atoms with Crippen molar-refractivity contribution in [3.05, 3.63) is 46.0 Å². The molecule has 0 fully saturated rings. The number of aliphatic carboxylic acids is 1. The molecule has 2 aromatic rings. The van der Waals surface area contributed by atoms with Gasteiger partial charge in [-0.15, -0.1) is 0 Å². The first-order valence-corrected chi connectivity index (χ1v) is 6.60. The predicted octanol–water partition coefficient (Wildman–Crippen LogP) is 1.46. The van der Waals surface area contributed by atoms with Gasteiger partial charge in [-0.1, -0.05) is 6.92 Å². The lowest BCUT2D eigenvalue weighted by atomic mass is 10.1. The maximum atomic E-state index is 13.4. The van der Waals surface area contributed by atoms with Crippen LogP contribution < -0.4 is 5.56 Å². The van der Waals surface area contributed by atoms with Crippen LogP contribution in [0.25, 0.3) is 10.9 Å². The Morgan fingerprint density at radius 2 is 2.05 bits per heavy atom. The van der Waals surface area contributed by atoms with Gasteiger partial charge in [0.05, 0.1) is 11.5 Å². The number of hydrogen-bond acceptors (Lipinski definition) is 3. The fourth-order valence-electron chi connectivity index (χ4n) is 2.18. The summed E-state index contributed by atoms with van der Waals surface area (Å²) in [4.78, 5) is 38.7. The van der Waals surface area contributed by atoms with Crippen molar-refractivity contribution >= 4 is 22.8 Å². The smallest absolute Gasteiger partial charge is 0.308 e. The van der Waals surface area contributed by atoms with Gasteiger partial charge in [0.15, 0.2) is 0 Å². The highest BCUT2D eigenvalue weighted by Crippen LogP contribution is 2.18. The SMILES string of the molecule is CC(CN(C)C(=O)c1cc(=O)[nH]c2ccc(F)cc12)C(=O)O. The Hall–Kier alpha value is -2.70. The molecule has 0 aliphatic carbocycles. The molecular weight excluding hydrogens is 291 g/mol. The number of aromatic nitrogens is 1. The molecule has 0 aliphatic heterocycles. The maximum absolute atomic E-state index is 13.4. The summed E-state index contributed by atoms with van der Waals surface area (Å²) in [6, 6.07) is 4.81. The molecule has 22 heavy (non-hydrogen) atoms. The van der Waals surface area contributed by atoms with Gasteiger partial charge < -0.3 is 15.0 Å². The van der Waals surface area contributed by atoms with Crippen molar-refractivity contribution in [2.45, 2.75) is 6.92 Å². The lowest BCUT2D eigenvalue weighted by molar-refractivity contribution is -0.141.